The molecule has 0 amide bonds. The molecule has 2 aromatic carbocycles. The Morgan fingerprint density at radius 1 is 1.05 bits per heavy atom. The largest absolute Gasteiger partial charge is 0.310 e. The van der Waals surface area contributed by atoms with Crippen LogP contribution in [0.4, 0.5) is 8.78 Å². The zero-order chi connectivity index (χ0) is 14.8. The van der Waals surface area contributed by atoms with Gasteiger partial charge in [-0.05, 0) is 54.1 Å². The summed E-state index contributed by atoms with van der Waals surface area (Å²) in [6.45, 7) is 2.79. The summed E-state index contributed by atoms with van der Waals surface area (Å²) in [5.41, 5.74) is 3.40. The second-order valence-corrected chi connectivity index (χ2v) is 5.68. The minimum absolute atomic E-state index is 0.0207. The van der Waals surface area contributed by atoms with Gasteiger partial charge in [-0.3, -0.25) is 0 Å². The average molecular weight is 287 g/mol. The third-order valence-corrected chi connectivity index (χ3v) is 4.22. The van der Waals surface area contributed by atoms with Crippen molar-refractivity contribution >= 4 is 0 Å². The first-order valence-corrected chi connectivity index (χ1v) is 7.43. The van der Waals surface area contributed by atoms with Crippen LogP contribution >= 0.6 is 0 Å². The number of rotatable bonds is 4. The quantitative estimate of drug-likeness (QED) is 0.895. The van der Waals surface area contributed by atoms with E-state index in [-0.39, 0.29) is 6.04 Å². The highest BCUT2D eigenvalue weighted by molar-refractivity contribution is 5.34. The lowest BCUT2D eigenvalue weighted by Gasteiger charge is -2.25. The number of hydrogen-bond donors (Lipinski definition) is 1. The summed E-state index contributed by atoms with van der Waals surface area (Å²) in [5.74, 6) is -0.685. The molecule has 0 spiro atoms. The molecule has 0 fully saturated rings. The van der Waals surface area contributed by atoms with Crippen molar-refractivity contribution in [2.75, 3.05) is 6.54 Å². The van der Waals surface area contributed by atoms with Gasteiger partial charge in [-0.15, -0.1) is 0 Å². The van der Waals surface area contributed by atoms with E-state index in [4.69, 9.17) is 0 Å². The van der Waals surface area contributed by atoms with Gasteiger partial charge in [-0.25, -0.2) is 8.78 Å². The second kappa shape index (κ2) is 5.94. The van der Waals surface area contributed by atoms with Gasteiger partial charge >= 0.3 is 0 Å². The van der Waals surface area contributed by atoms with Gasteiger partial charge in [0.1, 0.15) is 11.6 Å². The van der Waals surface area contributed by atoms with Crippen LogP contribution in [0.3, 0.4) is 0 Å². The van der Waals surface area contributed by atoms with E-state index in [0.29, 0.717) is 11.5 Å². The first kappa shape index (κ1) is 14.2. The van der Waals surface area contributed by atoms with Crippen molar-refractivity contribution in [3.05, 3.63) is 70.8 Å². The minimum atomic E-state index is -0.511. The lowest BCUT2D eigenvalue weighted by Crippen LogP contribution is -2.29. The van der Waals surface area contributed by atoms with Crippen LogP contribution in [0.25, 0.3) is 0 Å². The zero-order valence-electron chi connectivity index (χ0n) is 12.1. The van der Waals surface area contributed by atoms with E-state index in [1.807, 2.05) is 19.1 Å². The van der Waals surface area contributed by atoms with Crippen LogP contribution < -0.4 is 5.32 Å². The summed E-state index contributed by atoms with van der Waals surface area (Å²) < 4.78 is 27.0. The molecule has 3 rings (SSSR count). The maximum atomic E-state index is 13.5. The lowest BCUT2D eigenvalue weighted by molar-refractivity contribution is 0.377. The SMILES string of the molecule is CCNC(c1cc(F)cc(F)c1)C1Cc2ccccc2C1. The fourth-order valence-electron chi connectivity index (χ4n) is 3.36. The van der Waals surface area contributed by atoms with Crippen molar-refractivity contribution < 1.29 is 8.78 Å². The van der Waals surface area contributed by atoms with Crippen LogP contribution in [0.1, 0.15) is 29.7 Å². The lowest BCUT2D eigenvalue weighted by atomic mass is 9.90. The Balaban J connectivity index is 1.89. The molecule has 1 N–H and O–H groups in total. The third kappa shape index (κ3) is 2.98. The molecular formula is C18H19F2N. The molecule has 0 bridgehead atoms. The van der Waals surface area contributed by atoms with Gasteiger partial charge < -0.3 is 5.32 Å². The van der Waals surface area contributed by atoms with Crippen LogP contribution in [0.15, 0.2) is 42.5 Å². The van der Waals surface area contributed by atoms with Gasteiger partial charge in [0.25, 0.3) is 0 Å². The van der Waals surface area contributed by atoms with E-state index in [1.165, 1.54) is 23.3 Å². The molecule has 21 heavy (non-hydrogen) atoms. The minimum Gasteiger partial charge on any atom is -0.310 e. The number of nitrogens with one attached hydrogen (secondary N) is 1. The molecule has 0 aromatic heterocycles. The molecule has 3 heteroatoms. The van der Waals surface area contributed by atoms with Crippen LogP contribution in [0.2, 0.25) is 0 Å². The Kier molecular flexibility index (Phi) is 4.02. The Labute approximate surface area is 124 Å². The van der Waals surface area contributed by atoms with Gasteiger partial charge in [0.2, 0.25) is 0 Å². The van der Waals surface area contributed by atoms with Crippen molar-refractivity contribution in [3.8, 4) is 0 Å². The molecule has 0 saturated carbocycles. The number of fused-ring (bicyclic) bond motifs is 1. The Morgan fingerprint density at radius 2 is 1.62 bits per heavy atom. The molecule has 0 aliphatic heterocycles. The van der Waals surface area contributed by atoms with Gasteiger partial charge in [0.15, 0.2) is 0 Å². The normalized spacial score (nSPS) is 16.0. The Bertz CT molecular complexity index is 594. The fraction of sp³-hybridized carbons (Fsp3) is 0.333. The van der Waals surface area contributed by atoms with Crippen molar-refractivity contribution in [1.29, 1.82) is 0 Å². The maximum Gasteiger partial charge on any atom is 0.126 e. The summed E-state index contributed by atoms with van der Waals surface area (Å²) in [6, 6.07) is 12.2. The van der Waals surface area contributed by atoms with Crippen molar-refractivity contribution in [1.82, 2.24) is 5.32 Å². The first-order valence-electron chi connectivity index (χ1n) is 7.43. The molecule has 110 valence electrons. The fourth-order valence-corrected chi connectivity index (χ4v) is 3.36. The van der Waals surface area contributed by atoms with Gasteiger partial charge in [-0.2, -0.15) is 0 Å². The highest BCUT2D eigenvalue weighted by Crippen LogP contribution is 2.35. The monoisotopic (exact) mass is 287 g/mol. The number of hydrogen-bond acceptors (Lipinski definition) is 1. The van der Waals surface area contributed by atoms with E-state index in [9.17, 15) is 8.78 Å². The first-order chi connectivity index (χ1) is 10.2. The summed E-state index contributed by atoms with van der Waals surface area (Å²) in [5, 5.41) is 3.40. The standard InChI is InChI=1S/C18H19F2N/c1-2-21-18(15-9-16(19)11-17(20)10-15)14-7-12-5-3-4-6-13(12)8-14/h3-6,9-11,14,18,21H,2,7-8H2,1H3. The van der Waals surface area contributed by atoms with E-state index in [1.54, 1.807) is 0 Å². The number of benzene rings is 2. The van der Waals surface area contributed by atoms with Crippen LogP contribution in [0.5, 0.6) is 0 Å². The van der Waals surface area contributed by atoms with Gasteiger partial charge in [-0.1, -0.05) is 31.2 Å². The van der Waals surface area contributed by atoms with Gasteiger partial charge in [0.05, 0.1) is 0 Å². The highest BCUT2D eigenvalue weighted by Gasteiger charge is 2.29. The molecule has 2 aromatic rings. The smallest absolute Gasteiger partial charge is 0.126 e. The van der Waals surface area contributed by atoms with Gasteiger partial charge in [0, 0.05) is 12.1 Å². The van der Waals surface area contributed by atoms with Crippen LogP contribution in [0, 0.1) is 17.6 Å². The summed E-state index contributed by atoms with van der Waals surface area (Å²) >= 11 is 0. The predicted molar refractivity (Wildman–Crippen MR) is 80.1 cm³/mol. The van der Waals surface area contributed by atoms with Crippen molar-refractivity contribution in [3.63, 3.8) is 0 Å². The van der Waals surface area contributed by atoms with Crippen LogP contribution in [-0.2, 0) is 12.8 Å². The molecule has 0 radical (unpaired) electrons. The Morgan fingerprint density at radius 3 is 2.14 bits per heavy atom. The summed E-state index contributed by atoms with van der Waals surface area (Å²) in [7, 11) is 0. The van der Waals surface area contributed by atoms with E-state index in [0.717, 1.165) is 25.5 Å². The predicted octanol–water partition coefficient (Wildman–Crippen LogP) is 4.03. The van der Waals surface area contributed by atoms with Crippen molar-refractivity contribution in [2.45, 2.75) is 25.8 Å². The Hall–Kier alpha value is -1.74. The van der Waals surface area contributed by atoms with E-state index >= 15 is 0 Å². The molecule has 1 aliphatic carbocycles. The van der Waals surface area contributed by atoms with E-state index in [2.05, 4.69) is 17.4 Å². The number of halogens is 2. The third-order valence-electron chi connectivity index (χ3n) is 4.22. The zero-order valence-corrected chi connectivity index (χ0v) is 12.1. The molecule has 0 heterocycles. The average Bonchev–Trinajstić information content (AvgIpc) is 2.87. The van der Waals surface area contributed by atoms with Crippen LogP contribution in [-0.4, -0.2) is 6.54 Å². The second-order valence-electron chi connectivity index (χ2n) is 5.68. The molecule has 1 aliphatic rings. The maximum absolute atomic E-state index is 13.5. The van der Waals surface area contributed by atoms with E-state index < -0.39 is 11.6 Å². The van der Waals surface area contributed by atoms with Crippen molar-refractivity contribution in [2.24, 2.45) is 5.92 Å². The molecule has 1 atom stereocenters. The topological polar surface area (TPSA) is 12.0 Å². The highest BCUT2D eigenvalue weighted by atomic mass is 19.1. The molecule has 1 nitrogen and oxygen atoms in total. The molecule has 0 saturated heterocycles. The summed E-state index contributed by atoms with van der Waals surface area (Å²) in [6.07, 6.45) is 1.90. The molecule has 1 unspecified atom stereocenters. The summed E-state index contributed by atoms with van der Waals surface area (Å²) in [4.78, 5) is 0. The molecular weight excluding hydrogens is 268 g/mol.